The molecule has 0 heterocycles. The first kappa shape index (κ1) is 30.6. The maximum atomic E-state index is 12.2. The molecule has 5 nitrogen and oxygen atoms in total. The quantitative estimate of drug-likeness (QED) is 0.144. The maximum absolute atomic E-state index is 12.2. The van der Waals surface area contributed by atoms with Crippen LogP contribution in [-0.2, 0) is 23.7 Å². The van der Waals surface area contributed by atoms with Crippen LogP contribution in [0.4, 0.5) is 0 Å². The lowest BCUT2D eigenvalue weighted by Crippen LogP contribution is -2.33. The molecule has 35 heavy (non-hydrogen) atoms. The molecule has 0 aromatic rings. The fourth-order valence-corrected chi connectivity index (χ4v) is 5.66. The van der Waals surface area contributed by atoms with Crippen molar-refractivity contribution in [3.63, 3.8) is 0 Å². The second-order valence-electron chi connectivity index (χ2n) is 11.2. The van der Waals surface area contributed by atoms with Crippen molar-refractivity contribution in [3.05, 3.63) is 0 Å². The number of esters is 1. The molecule has 2 aliphatic rings. The molecule has 2 rings (SSSR count). The summed E-state index contributed by atoms with van der Waals surface area (Å²) in [5.41, 5.74) is 0. The molecule has 0 N–H and O–H groups in total. The number of carbonyl (C=O) groups is 1. The Morgan fingerprint density at radius 3 is 1.83 bits per heavy atom. The summed E-state index contributed by atoms with van der Waals surface area (Å²) in [6, 6.07) is 0. The fraction of sp³-hybridized carbons (Fsp3) is 0.967. The smallest absolute Gasteiger partial charge is 0.335 e. The summed E-state index contributed by atoms with van der Waals surface area (Å²) in [6.45, 7) is 10.1. The Balaban J connectivity index is 1.51. The first-order valence-corrected chi connectivity index (χ1v) is 15.1. The van der Waals surface area contributed by atoms with Crippen molar-refractivity contribution in [3.8, 4) is 0 Å². The molecule has 0 aromatic carbocycles. The van der Waals surface area contributed by atoms with Gasteiger partial charge in [0.1, 0.15) is 6.10 Å². The van der Waals surface area contributed by atoms with Crippen molar-refractivity contribution < 1.29 is 23.7 Å². The molecule has 0 saturated heterocycles. The van der Waals surface area contributed by atoms with Crippen LogP contribution in [-0.4, -0.2) is 50.2 Å². The zero-order valence-corrected chi connectivity index (χ0v) is 23.4. The summed E-state index contributed by atoms with van der Waals surface area (Å²) >= 11 is 0. The van der Waals surface area contributed by atoms with Gasteiger partial charge in [0.2, 0.25) is 0 Å². The SMILES string of the molecule is CCCCCCCCOC1CCC(C2CCC(OCC(C)OC(=O)C(C)OCCCC)CC2)CC1. The summed E-state index contributed by atoms with van der Waals surface area (Å²) < 4.78 is 23.4. The van der Waals surface area contributed by atoms with Crippen molar-refractivity contribution >= 4 is 5.97 Å². The van der Waals surface area contributed by atoms with Crippen LogP contribution in [0, 0.1) is 11.8 Å². The molecule has 0 aromatic heterocycles. The predicted octanol–water partition coefficient (Wildman–Crippen LogP) is 7.63. The van der Waals surface area contributed by atoms with Crippen LogP contribution >= 0.6 is 0 Å². The standard InChI is InChI=1S/C30H56O5/c1-5-7-9-10-11-12-22-33-28-17-13-26(14-18-28)27-15-19-29(20-16-27)34-23-24(3)35-30(31)25(4)32-21-8-6-2/h24-29H,5-23H2,1-4H3. The number of unbranched alkanes of at least 4 members (excludes halogenated alkanes) is 6. The Morgan fingerprint density at radius 2 is 1.23 bits per heavy atom. The molecule has 2 aliphatic carbocycles. The average molecular weight is 497 g/mol. The van der Waals surface area contributed by atoms with Gasteiger partial charge >= 0.3 is 5.97 Å². The Labute approximate surface area is 216 Å². The summed E-state index contributed by atoms with van der Waals surface area (Å²) in [4.78, 5) is 12.2. The third kappa shape index (κ3) is 12.9. The average Bonchev–Trinajstić information content (AvgIpc) is 2.87. The van der Waals surface area contributed by atoms with E-state index < -0.39 is 6.10 Å². The van der Waals surface area contributed by atoms with Gasteiger partial charge in [0.05, 0.1) is 18.8 Å². The Kier molecular flexibility index (Phi) is 16.2. The molecule has 0 spiro atoms. The Hall–Kier alpha value is -0.650. The van der Waals surface area contributed by atoms with E-state index in [1.807, 2.05) is 6.92 Å². The molecule has 0 amide bonds. The highest BCUT2D eigenvalue weighted by Crippen LogP contribution is 2.39. The fourth-order valence-electron chi connectivity index (χ4n) is 5.66. The number of hydrogen-bond donors (Lipinski definition) is 0. The molecule has 206 valence electrons. The van der Waals surface area contributed by atoms with Gasteiger partial charge < -0.3 is 18.9 Å². The summed E-state index contributed by atoms with van der Waals surface area (Å²) in [5, 5.41) is 0. The first-order chi connectivity index (χ1) is 17.0. The minimum Gasteiger partial charge on any atom is -0.458 e. The monoisotopic (exact) mass is 496 g/mol. The van der Waals surface area contributed by atoms with Gasteiger partial charge in [0.25, 0.3) is 0 Å². The minimum absolute atomic E-state index is 0.232. The summed E-state index contributed by atoms with van der Waals surface area (Å²) in [5.74, 6) is 1.44. The second kappa shape index (κ2) is 18.6. The van der Waals surface area contributed by atoms with Crippen molar-refractivity contribution in [1.82, 2.24) is 0 Å². The van der Waals surface area contributed by atoms with E-state index in [4.69, 9.17) is 18.9 Å². The van der Waals surface area contributed by atoms with Crippen LogP contribution in [0.5, 0.6) is 0 Å². The van der Waals surface area contributed by atoms with Gasteiger partial charge in [-0.25, -0.2) is 4.79 Å². The molecule has 0 radical (unpaired) electrons. The van der Waals surface area contributed by atoms with Gasteiger partial charge in [-0.3, -0.25) is 0 Å². The summed E-state index contributed by atoms with van der Waals surface area (Å²) in [6.07, 6.45) is 20.1. The van der Waals surface area contributed by atoms with Crippen molar-refractivity contribution in [1.29, 1.82) is 0 Å². The normalized spacial score (nSPS) is 26.9. The van der Waals surface area contributed by atoms with E-state index >= 15 is 0 Å². The number of carbonyl (C=O) groups excluding carboxylic acids is 1. The molecular formula is C30H56O5. The van der Waals surface area contributed by atoms with E-state index in [0.717, 1.165) is 44.1 Å². The third-order valence-corrected chi connectivity index (χ3v) is 8.04. The number of ether oxygens (including phenoxy) is 4. The van der Waals surface area contributed by atoms with E-state index in [2.05, 4.69) is 13.8 Å². The lowest BCUT2D eigenvalue weighted by atomic mass is 9.72. The molecule has 0 aliphatic heterocycles. The van der Waals surface area contributed by atoms with E-state index in [1.54, 1.807) is 6.92 Å². The van der Waals surface area contributed by atoms with Gasteiger partial charge in [0.15, 0.2) is 6.10 Å². The molecule has 2 saturated carbocycles. The van der Waals surface area contributed by atoms with Gasteiger partial charge in [-0.2, -0.15) is 0 Å². The van der Waals surface area contributed by atoms with Crippen LogP contribution in [0.2, 0.25) is 0 Å². The van der Waals surface area contributed by atoms with E-state index in [1.165, 1.54) is 77.0 Å². The highest BCUT2D eigenvalue weighted by Gasteiger charge is 2.31. The van der Waals surface area contributed by atoms with Crippen molar-refractivity contribution in [2.24, 2.45) is 11.8 Å². The highest BCUT2D eigenvalue weighted by molar-refractivity contribution is 5.74. The third-order valence-electron chi connectivity index (χ3n) is 8.04. The second-order valence-corrected chi connectivity index (χ2v) is 11.2. The van der Waals surface area contributed by atoms with Crippen molar-refractivity contribution in [2.75, 3.05) is 19.8 Å². The first-order valence-electron chi connectivity index (χ1n) is 15.1. The minimum atomic E-state index is -0.504. The van der Waals surface area contributed by atoms with Crippen LogP contribution in [0.1, 0.15) is 130 Å². The molecule has 0 bridgehead atoms. The van der Waals surface area contributed by atoms with Gasteiger partial charge in [-0.15, -0.1) is 0 Å². The molecule has 2 fully saturated rings. The molecular weight excluding hydrogens is 440 g/mol. The molecule has 5 heteroatoms. The largest absolute Gasteiger partial charge is 0.458 e. The van der Waals surface area contributed by atoms with Crippen molar-refractivity contribution in [2.45, 2.75) is 155 Å². The Bertz CT molecular complexity index is 523. The van der Waals surface area contributed by atoms with Gasteiger partial charge in [0, 0.05) is 13.2 Å². The summed E-state index contributed by atoms with van der Waals surface area (Å²) in [7, 11) is 0. The maximum Gasteiger partial charge on any atom is 0.335 e. The van der Waals surface area contributed by atoms with Gasteiger partial charge in [-0.05, 0) is 89.9 Å². The van der Waals surface area contributed by atoms with Crippen LogP contribution in [0.3, 0.4) is 0 Å². The Morgan fingerprint density at radius 1 is 0.686 bits per heavy atom. The molecule has 2 atom stereocenters. The van der Waals surface area contributed by atoms with E-state index in [0.29, 0.717) is 25.4 Å². The van der Waals surface area contributed by atoms with Crippen LogP contribution in [0.15, 0.2) is 0 Å². The van der Waals surface area contributed by atoms with Crippen LogP contribution in [0.25, 0.3) is 0 Å². The van der Waals surface area contributed by atoms with E-state index in [-0.39, 0.29) is 12.1 Å². The highest BCUT2D eigenvalue weighted by atomic mass is 16.6. The topological polar surface area (TPSA) is 54.0 Å². The van der Waals surface area contributed by atoms with Crippen LogP contribution < -0.4 is 0 Å². The number of rotatable bonds is 18. The van der Waals surface area contributed by atoms with E-state index in [9.17, 15) is 4.79 Å². The lowest BCUT2D eigenvalue weighted by molar-refractivity contribution is -0.165. The van der Waals surface area contributed by atoms with Gasteiger partial charge in [-0.1, -0.05) is 52.4 Å². The predicted molar refractivity (Wildman–Crippen MR) is 143 cm³/mol. The zero-order valence-electron chi connectivity index (χ0n) is 23.4. The zero-order chi connectivity index (χ0) is 25.3. The molecule has 2 unspecified atom stereocenters. The lowest BCUT2D eigenvalue weighted by Gasteiger charge is -2.37. The number of hydrogen-bond acceptors (Lipinski definition) is 5.